The molecule has 2 amide bonds. The average molecular weight is 424 g/mol. The Morgan fingerprint density at radius 2 is 1.71 bits per heavy atom. The highest BCUT2D eigenvalue weighted by atomic mass is 19.1. The summed E-state index contributed by atoms with van der Waals surface area (Å²) >= 11 is 0. The summed E-state index contributed by atoms with van der Waals surface area (Å²) in [7, 11) is 0. The van der Waals surface area contributed by atoms with Crippen molar-refractivity contribution in [3.8, 4) is 11.3 Å². The van der Waals surface area contributed by atoms with Crippen molar-refractivity contribution in [1.29, 1.82) is 0 Å². The first-order valence-corrected chi connectivity index (χ1v) is 11.4. The molecule has 0 bridgehead atoms. The molecule has 2 aliphatic rings. The van der Waals surface area contributed by atoms with Crippen molar-refractivity contribution in [2.75, 3.05) is 0 Å². The van der Waals surface area contributed by atoms with Gasteiger partial charge in [-0.2, -0.15) is 0 Å². The molecular formula is C25H30FN3O2. The SMILES string of the molecule is O=C(NC1CCCC(C(=O)NC2CCCCC2)C1)c1ccc(-c2cccc(F)c2)nc1. The quantitative estimate of drug-likeness (QED) is 0.737. The van der Waals surface area contributed by atoms with Crippen LogP contribution in [-0.2, 0) is 4.79 Å². The summed E-state index contributed by atoms with van der Waals surface area (Å²) in [6.07, 6.45) is 10.7. The fourth-order valence-corrected chi connectivity index (χ4v) is 4.74. The molecule has 1 aromatic carbocycles. The molecule has 0 aliphatic heterocycles. The van der Waals surface area contributed by atoms with E-state index in [1.807, 2.05) is 0 Å². The monoisotopic (exact) mass is 423 g/mol. The van der Waals surface area contributed by atoms with Crippen molar-refractivity contribution in [1.82, 2.24) is 15.6 Å². The molecule has 0 saturated heterocycles. The second-order valence-corrected chi connectivity index (χ2v) is 8.82. The minimum atomic E-state index is -0.319. The highest BCUT2D eigenvalue weighted by Gasteiger charge is 2.29. The van der Waals surface area contributed by atoms with Gasteiger partial charge in [0.2, 0.25) is 5.91 Å². The van der Waals surface area contributed by atoms with Gasteiger partial charge in [-0.3, -0.25) is 14.6 Å². The van der Waals surface area contributed by atoms with Gasteiger partial charge in [-0.25, -0.2) is 4.39 Å². The largest absolute Gasteiger partial charge is 0.353 e. The van der Waals surface area contributed by atoms with Crippen LogP contribution in [-0.4, -0.2) is 28.9 Å². The number of carbonyl (C=O) groups is 2. The molecule has 31 heavy (non-hydrogen) atoms. The Kier molecular flexibility index (Phi) is 6.95. The number of carbonyl (C=O) groups excluding carboxylic acids is 2. The molecular weight excluding hydrogens is 393 g/mol. The Bertz CT molecular complexity index is 909. The maximum atomic E-state index is 13.4. The van der Waals surface area contributed by atoms with Gasteiger partial charge < -0.3 is 10.6 Å². The third-order valence-corrected chi connectivity index (χ3v) is 6.48. The molecule has 2 saturated carbocycles. The summed E-state index contributed by atoms with van der Waals surface area (Å²) in [6.45, 7) is 0. The molecule has 0 radical (unpaired) electrons. The molecule has 4 rings (SSSR count). The third-order valence-electron chi connectivity index (χ3n) is 6.48. The van der Waals surface area contributed by atoms with Gasteiger partial charge in [0.15, 0.2) is 0 Å². The number of aromatic nitrogens is 1. The number of benzene rings is 1. The predicted molar refractivity (Wildman–Crippen MR) is 118 cm³/mol. The maximum Gasteiger partial charge on any atom is 0.253 e. The van der Waals surface area contributed by atoms with Crippen LogP contribution in [0.25, 0.3) is 11.3 Å². The Balaban J connectivity index is 1.32. The molecule has 0 spiro atoms. The van der Waals surface area contributed by atoms with Crippen LogP contribution in [0.2, 0.25) is 0 Å². The number of pyridine rings is 1. The van der Waals surface area contributed by atoms with Crippen LogP contribution < -0.4 is 10.6 Å². The second-order valence-electron chi connectivity index (χ2n) is 8.82. The van der Waals surface area contributed by atoms with Crippen molar-refractivity contribution < 1.29 is 14.0 Å². The zero-order chi connectivity index (χ0) is 21.6. The molecule has 6 heteroatoms. The van der Waals surface area contributed by atoms with Gasteiger partial charge >= 0.3 is 0 Å². The molecule has 2 atom stereocenters. The average Bonchev–Trinajstić information content (AvgIpc) is 2.80. The zero-order valence-corrected chi connectivity index (χ0v) is 17.8. The summed E-state index contributed by atoms with van der Waals surface area (Å²) in [5.41, 5.74) is 1.76. The smallest absolute Gasteiger partial charge is 0.253 e. The standard InChI is InChI=1S/C25H30FN3O2/c26-20-8-4-6-17(14-20)23-13-12-19(16-27-23)25(31)29-22-11-5-7-18(15-22)24(30)28-21-9-2-1-3-10-21/h4,6,8,12-14,16,18,21-22H,1-3,5,7,9-11,15H2,(H,28,30)(H,29,31). The van der Waals surface area contributed by atoms with E-state index < -0.39 is 0 Å². The number of rotatable bonds is 5. The van der Waals surface area contributed by atoms with E-state index in [0.717, 1.165) is 32.1 Å². The first kappa shape index (κ1) is 21.5. The maximum absolute atomic E-state index is 13.4. The van der Waals surface area contributed by atoms with Gasteiger partial charge in [-0.1, -0.05) is 37.8 Å². The topological polar surface area (TPSA) is 71.1 Å². The fourth-order valence-electron chi connectivity index (χ4n) is 4.74. The summed E-state index contributed by atoms with van der Waals surface area (Å²) in [4.78, 5) is 29.7. The van der Waals surface area contributed by atoms with Crippen LogP contribution in [0.1, 0.15) is 68.1 Å². The number of hydrogen-bond acceptors (Lipinski definition) is 3. The lowest BCUT2D eigenvalue weighted by Gasteiger charge is -2.31. The van der Waals surface area contributed by atoms with Gasteiger partial charge in [0.05, 0.1) is 11.3 Å². The first-order chi connectivity index (χ1) is 15.1. The molecule has 2 aromatic rings. The highest BCUT2D eigenvalue weighted by Crippen LogP contribution is 2.26. The lowest BCUT2D eigenvalue weighted by atomic mass is 9.84. The lowest BCUT2D eigenvalue weighted by Crippen LogP contribution is -2.45. The molecule has 2 fully saturated rings. The van der Waals surface area contributed by atoms with E-state index >= 15 is 0 Å². The van der Waals surface area contributed by atoms with Crippen molar-refractivity contribution >= 4 is 11.8 Å². The summed E-state index contributed by atoms with van der Waals surface area (Å²) in [5, 5.41) is 6.30. The molecule has 1 heterocycles. The van der Waals surface area contributed by atoms with E-state index in [-0.39, 0.29) is 29.6 Å². The highest BCUT2D eigenvalue weighted by molar-refractivity contribution is 5.94. The fraction of sp³-hybridized carbons (Fsp3) is 0.480. The molecule has 5 nitrogen and oxygen atoms in total. The number of halogens is 1. The van der Waals surface area contributed by atoms with Gasteiger partial charge in [0.1, 0.15) is 5.82 Å². The molecule has 2 N–H and O–H groups in total. The summed E-state index contributed by atoms with van der Waals surface area (Å²) < 4.78 is 13.4. The van der Waals surface area contributed by atoms with Gasteiger partial charge in [0, 0.05) is 29.8 Å². The van der Waals surface area contributed by atoms with E-state index in [0.29, 0.717) is 29.3 Å². The van der Waals surface area contributed by atoms with E-state index in [2.05, 4.69) is 15.6 Å². The van der Waals surface area contributed by atoms with Crippen LogP contribution in [0.3, 0.4) is 0 Å². The first-order valence-electron chi connectivity index (χ1n) is 11.4. The lowest BCUT2D eigenvalue weighted by molar-refractivity contribution is -0.127. The molecule has 164 valence electrons. The number of hydrogen-bond donors (Lipinski definition) is 2. The minimum absolute atomic E-state index is 0.00810. The predicted octanol–water partition coefficient (Wildman–Crippen LogP) is 4.63. The number of amides is 2. The Morgan fingerprint density at radius 3 is 2.45 bits per heavy atom. The minimum Gasteiger partial charge on any atom is -0.353 e. The number of nitrogens with zero attached hydrogens (tertiary/aromatic N) is 1. The third kappa shape index (κ3) is 5.69. The van der Waals surface area contributed by atoms with Crippen LogP contribution in [0.5, 0.6) is 0 Å². The Morgan fingerprint density at radius 1 is 0.903 bits per heavy atom. The van der Waals surface area contributed by atoms with Crippen molar-refractivity contribution in [3.63, 3.8) is 0 Å². The summed E-state index contributed by atoms with van der Waals surface area (Å²) in [5.74, 6) is -0.390. The van der Waals surface area contributed by atoms with Crippen molar-refractivity contribution in [3.05, 3.63) is 54.0 Å². The van der Waals surface area contributed by atoms with Crippen LogP contribution in [0.15, 0.2) is 42.6 Å². The van der Waals surface area contributed by atoms with E-state index in [9.17, 15) is 14.0 Å². The van der Waals surface area contributed by atoms with E-state index in [4.69, 9.17) is 0 Å². The molecule has 2 unspecified atom stereocenters. The van der Waals surface area contributed by atoms with E-state index in [1.54, 1.807) is 24.3 Å². The summed E-state index contributed by atoms with van der Waals surface area (Å²) in [6, 6.07) is 9.97. The molecule has 1 aromatic heterocycles. The van der Waals surface area contributed by atoms with Crippen molar-refractivity contribution in [2.45, 2.75) is 69.9 Å². The normalized spacial score (nSPS) is 22.0. The molecule has 2 aliphatic carbocycles. The Labute approximate surface area is 182 Å². The second kappa shape index (κ2) is 10.0. The van der Waals surface area contributed by atoms with Crippen LogP contribution >= 0.6 is 0 Å². The van der Waals surface area contributed by atoms with Crippen LogP contribution in [0.4, 0.5) is 4.39 Å². The van der Waals surface area contributed by atoms with Gasteiger partial charge in [0.25, 0.3) is 5.91 Å². The van der Waals surface area contributed by atoms with E-state index in [1.165, 1.54) is 37.6 Å². The van der Waals surface area contributed by atoms with Crippen molar-refractivity contribution in [2.24, 2.45) is 5.92 Å². The Hall–Kier alpha value is -2.76. The van der Waals surface area contributed by atoms with Gasteiger partial charge in [-0.15, -0.1) is 0 Å². The van der Waals surface area contributed by atoms with Gasteiger partial charge in [-0.05, 0) is 56.4 Å². The number of nitrogens with one attached hydrogen (secondary N) is 2. The van der Waals surface area contributed by atoms with Crippen LogP contribution in [0, 0.1) is 11.7 Å². The zero-order valence-electron chi connectivity index (χ0n) is 17.8.